The smallest absolute Gasteiger partial charge is 0.133 e. The van der Waals surface area contributed by atoms with Crippen molar-refractivity contribution in [2.45, 2.75) is 105 Å². The van der Waals surface area contributed by atoms with Crippen LogP contribution in [0.1, 0.15) is 105 Å². The van der Waals surface area contributed by atoms with Gasteiger partial charge in [0, 0.05) is 13.1 Å². The predicted molar refractivity (Wildman–Crippen MR) is 118 cm³/mol. The van der Waals surface area contributed by atoms with Gasteiger partial charge in [-0.15, -0.1) is 12.6 Å². The third-order valence-corrected chi connectivity index (χ3v) is 5.86. The van der Waals surface area contributed by atoms with Crippen LogP contribution in [-0.2, 0) is 0 Å². The maximum atomic E-state index is 5.45. The first kappa shape index (κ1) is 24.2. The zero-order valence-electron chi connectivity index (χ0n) is 16.9. The molecule has 0 rings (SSSR count). The van der Waals surface area contributed by atoms with Crippen LogP contribution in [0.5, 0.6) is 0 Å². The largest absolute Gasteiger partial charge is 0.357 e. The second kappa shape index (κ2) is 16.7. The standard InChI is InChI=1S/C21H43NS2/c1-5-9-11-13-15-19(7-3)17-22(21(23)24)18-20(8-4)16-14-12-10-6-2/h19-20H,5-18H2,1-4H3,(H,23,24). The summed E-state index contributed by atoms with van der Waals surface area (Å²) < 4.78 is 0.800. The molecular formula is C21H43NS2. The Kier molecular flexibility index (Phi) is 16.9. The lowest BCUT2D eigenvalue weighted by atomic mass is 9.95. The molecule has 0 amide bonds. The molecule has 2 atom stereocenters. The molecule has 0 saturated heterocycles. The molecule has 0 aromatic carbocycles. The Hall–Kier alpha value is 0.240. The molecule has 0 fully saturated rings. The fraction of sp³-hybridized carbons (Fsp3) is 0.952. The van der Waals surface area contributed by atoms with E-state index < -0.39 is 0 Å². The van der Waals surface area contributed by atoms with Gasteiger partial charge in [0.2, 0.25) is 0 Å². The third-order valence-electron chi connectivity index (χ3n) is 5.31. The molecule has 0 bridgehead atoms. The summed E-state index contributed by atoms with van der Waals surface area (Å²) in [5.41, 5.74) is 0. The Morgan fingerprint density at radius 3 is 1.46 bits per heavy atom. The fourth-order valence-corrected chi connectivity index (χ4v) is 3.74. The minimum absolute atomic E-state index is 0.768. The van der Waals surface area contributed by atoms with Crippen LogP contribution in [0, 0.1) is 11.8 Å². The van der Waals surface area contributed by atoms with Crippen molar-refractivity contribution >= 4 is 29.2 Å². The molecule has 0 aliphatic carbocycles. The number of hydrogen-bond acceptors (Lipinski definition) is 1. The van der Waals surface area contributed by atoms with Crippen molar-refractivity contribution < 1.29 is 0 Å². The van der Waals surface area contributed by atoms with Gasteiger partial charge in [0.05, 0.1) is 0 Å². The van der Waals surface area contributed by atoms with Gasteiger partial charge in [-0.1, -0.05) is 104 Å². The molecule has 3 heteroatoms. The lowest BCUT2D eigenvalue weighted by Gasteiger charge is -2.31. The molecule has 0 aliphatic rings. The first-order valence-corrected chi connectivity index (χ1v) is 11.4. The van der Waals surface area contributed by atoms with Crippen molar-refractivity contribution in [3.8, 4) is 0 Å². The number of nitrogens with zero attached hydrogens (tertiary/aromatic N) is 1. The molecule has 0 aliphatic heterocycles. The van der Waals surface area contributed by atoms with Crippen molar-refractivity contribution in [1.29, 1.82) is 0 Å². The zero-order chi connectivity index (χ0) is 18.2. The van der Waals surface area contributed by atoms with Crippen molar-refractivity contribution in [1.82, 2.24) is 4.90 Å². The second-order valence-electron chi connectivity index (χ2n) is 7.43. The van der Waals surface area contributed by atoms with E-state index in [0.717, 1.165) is 29.2 Å². The minimum Gasteiger partial charge on any atom is -0.357 e. The highest BCUT2D eigenvalue weighted by Gasteiger charge is 2.17. The summed E-state index contributed by atoms with van der Waals surface area (Å²) in [7, 11) is 0. The zero-order valence-corrected chi connectivity index (χ0v) is 18.6. The number of hydrogen-bond donors (Lipinski definition) is 1. The molecular weight excluding hydrogens is 330 g/mol. The van der Waals surface area contributed by atoms with E-state index in [9.17, 15) is 0 Å². The monoisotopic (exact) mass is 373 g/mol. The summed E-state index contributed by atoms with van der Waals surface area (Å²) in [6.07, 6.45) is 16.1. The Labute approximate surface area is 163 Å². The molecule has 0 radical (unpaired) electrons. The van der Waals surface area contributed by atoms with E-state index in [2.05, 4.69) is 45.2 Å². The highest BCUT2D eigenvalue weighted by atomic mass is 32.1. The molecule has 0 spiro atoms. The molecule has 144 valence electrons. The van der Waals surface area contributed by atoms with Gasteiger partial charge in [-0.05, 0) is 24.7 Å². The number of unbranched alkanes of at least 4 members (excludes halogenated alkanes) is 6. The van der Waals surface area contributed by atoms with Crippen LogP contribution in [0.15, 0.2) is 0 Å². The van der Waals surface area contributed by atoms with E-state index in [-0.39, 0.29) is 0 Å². The maximum Gasteiger partial charge on any atom is 0.133 e. The van der Waals surface area contributed by atoms with E-state index in [1.807, 2.05) is 0 Å². The maximum absolute atomic E-state index is 5.45. The van der Waals surface area contributed by atoms with Crippen molar-refractivity contribution in [3.05, 3.63) is 0 Å². The van der Waals surface area contributed by atoms with E-state index in [1.54, 1.807) is 0 Å². The molecule has 0 heterocycles. The van der Waals surface area contributed by atoms with Gasteiger partial charge in [0.15, 0.2) is 0 Å². The lowest BCUT2D eigenvalue weighted by Crippen LogP contribution is -2.35. The van der Waals surface area contributed by atoms with Crippen LogP contribution in [0.3, 0.4) is 0 Å². The SMILES string of the molecule is CCCCCCC(CC)CN(CC(CC)CCCCCC)C(=S)S. The summed E-state index contributed by atoms with van der Waals surface area (Å²) in [5, 5.41) is 0. The van der Waals surface area contributed by atoms with Gasteiger partial charge in [0.1, 0.15) is 4.32 Å². The molecule has 24 heavy (non-hydrogen) atoms. The molecule has 0 aromatic heterocycles. The second-order valence-corrected chi connectivity index (χ2v) is 8.55. The summed E-state index contributed by atoms with van der Waals surface area (Å²) in [6.45, 7) is 11.4. The van der Waals surface area contributed by atoms with Crippen LogP contribution in [0.25, 0.3) is 0 Å². The van der Waals surface area contributed by atoms with Crippen molar-refractivity contribution in [2.24, 2.45) is 11.8 Å². The summed E-state index contributed by atoms with van der Waals surface area (Å²) >= 11 is 9.97. The van der Waals surface area contributed by atoms with Crippen molar-refractivity contribution in [3.63, 3.8) is 0 Å². The molecule has 2 unspecified atom stereocenters. The van der Waals surface area contributed by atoms with Gasteiger partial charge < -0.3 is 4.90 Å². The normalized spacial score (nSPS) is 13.7. The van der Waals surface area contributed by atoms with Gasteiger partial charge in [-0.25, -0.2) is 0 Å². The highest BCUT2D eigenvalue weighted by molar-refractivity contribution is 8.10. The number of thiocarbonyl (C=S) groups is 1. The Bertz CT molecular complexity index is 272. The van der Waals surface area contributed by atoms with Crippen LogP contribution >= 0.6 is 24.8 Å². The van der Waals surface area contributed by atoms with Crippen molar-refractivity contribution in [2.75, 3.05) is 13.1 Å². The summed E-state index contributed by atoms with van der Waals surface area (Å²) in [5.74, 6) is 1.54. The van der Waals surface area contributed by atoms with Gasteiger partial charge in [-0.2, -0.15) is 0 Å². The predicted octanol–water partition coefficient (Wildman–Crippen LogP) is 7.50. The third kappa shape index (κ3) is 12.6. The average Bonchev–Trinajstić information content (AvgIpc) is 2.58. The van der Waals surface area contributed by atoms with E-state index in [1.165, 1.54) is 77.0 Å². The Morgan fingerprint density at radius 2 is 1.17 bits per heavy atom. The van der Waals surface area contributed by atoms with Crippen LogP contribution in [-0.4, -0.2) is 22.3 Å². The summed E-state index contributed by atoms with van der Waals surface area (Å²) in [4.78, 5) is 2.39. The quantitative estimate of drug-likeness (QED) is 0.169. The minimum atomic E-state index is 0.768. The van der Waals surface area contributed by atoms with Gasteiger partial charge in [0.25, 0.3) is 0 Å². The first-order chi connectivity index (χ1) is 11.6. The molecule has 0 N–H and O–H groups in total. The Morgan fingerprint density at radius 1 is 0.750 bits per heavy atom. The van der Waals surface area contributed by atoms with Crippen LogP contribution in [0.2, 0.25) is 0 Å². The summed E-state index contributed by atoms with van der Waals surface area (Å²) in [6, 6.07) is 0. The van der Waals surface area contributed by atoms with E-state index in [0.29, 0.717) is 0 Å². The number of thiol groups is 1. The average molecular weight is 374 g/mol. The Balaban J connectivity index is 4.34. The highest BCUT2D eigenvalue weighted by Crippen LogP contribution is 2.21. The molecule has 1 nitrogen and oxygen atoms in total. The first-order valence-electron chi connectivity index (χ1n) is 10.6. The van der Waals surface area contributed by atoms with E-state index in [4.69, 9.17) is 12.2 Å². The van der Waals surface area contributed by atoms with Gasteiger partial charge >= 0.3 is 0 Å². The molecule has 0 saturated carbocycles. The lowest BCUT2D eigenvalue weighted by molar-refractivity contribution is 0.267. The van der Waals surface area contributed by atoms with Crippen LogP contribution in [0.4, 0.5) is 0 Å². The topological polar surface area (TPSA) is 3.24 Å². The fourth-order valence-electron chi connectivity index (χ4n) is 3.42. The van der Waals surface area contributed by atoms with E-state index >= 15 is 0 Å². The number of rotatable bonds is 16. The van der Waals surface area contributed by atoms with Crippen LogP contribution < -0.4 is 0 Å². The van der Waals surface area contributed by atoms with Gasteiger partial charge in [-0.3, -0.25) is 0 Å². The molecule has 0 aromatic rings.